The minimum atomic E-state index is -3.44. The molecule has 0 unspecified atom stereocenters. The van der Waals surface area contributed by atoms with E-state index in [9.17, 15) is 4.57 Å². The van der Waals surface area contributed by atoms with Crippen LogP contribution in [0.25, 0.3) is 0 Å². The van der Waals surface area contributed by atoms with Gasteiger partial charge in [-0.05, 0) is 45.4 Å². The molecule has 2 aromatic rings. The standard InChI is InChI=1S/C19H26NO3P/c1-15(2)22-24(21,23-16(3)4)19(17-11-7-5-8-12-17)20-18-13-9-6-10-14-18/h5-16,19-20H,1-4H3/t19-/m0/s1. The molecule has 0 aliphatic rings. The molecule has 1 N–H and O–H groups in total. The number of anilines is 1. The predicted molar refractivity (Wildman–Crippen MR) is 99.3 cm³/mol. The maximum Gasteiger partial charge on any atom is 0.357 e. The largest absolute Gasteiger partial charge is 0.368 e. The third-order valence-electron chi connectivity index (χ3n) is 3.22. The monoisotopic (exact) mass is 347 g/mol. The zero-order chi connectivity index (χ0) is 17.6. The normalized spacial score (nSPS) is 13.2. The molecule has 0 radical (unpaired) electrons. The number of nitrogens with one attached hydrogen (secondary N) is 1. The van der Waals surface area contributed by atoms with Crippen molar-refractivity contribution in [1.29, 1.82) is 0 Å². The molecule has 0 saturated carbocycles. The maximum absolute atomic E-state index is 13.6. The molecule has 0 bridgehead atoms. The molecule has 4 nitrogen and oxygen atoms in total. The van der Waals surface area contributed by atoms with Crippen LogP contribution in [0.4, 0.5) is 5.69 Å². The first-order valence-electron chi connectivity index (χ1n) is 8.24. The highest BCUT2D eigenvalue weighted by atomic mass is 31.2. The average Bonchev–Trinajstić information content (AvgIpc) is 2.52. The Hall–Kier alpha value is -1.61. The Kier molecular flexibility index (Phi) is 6.61. The summed E-state index contributed by atoms with van der Waals surface area (Å²) in [5.74, 6) is -0.578. The van der Waals surface area contributed by atoms with Crippen LogP contribution < -0.4 is 5.32 Å². The van der Waals surface area contributed by atoms with E-state index in [2.05, 4.69) is 5.32 Å². The Morgan fingerprint density at radius 3 is 1.71 bits per heavy atom. The summed E-state index contributed by atoms with van der Waals surface area (Å²) in [7, 11) is -3.44. The van der Waals surface area contributed by atoms with Crippen molar-refractivity contribution in [3.05, 3.63) is 66.2 Å². The fraction of sp³-hybridized carbons (Fsp3) is 0.368. The van der Waals surface area contributed by atoms with Crippen molar-refractivity contribution in [3.8, 4) is 0 Å². The van der Waals surface area contributed by atoms with Gasteiger partial charge in [-0.2, -0.15) is 0 Å². The van der Waals surface area contributed by atoms with Crippen molar-refractivity contribution in [3.63, 3.8) is 0 Å². The summed E-state index contributed by atoms with van der Waals surface area (Å²) < 4.78 is 25.2. The van der Waals surface area contributed by atoms with Crippen LogP contribution in [0.5, 0.6) is 0 Å². The summed E-state index contributed by atoms with van der Waals surface area (Å²) in [5.41, 5.74) is 1.73. The van der Waals surface area contributed by atoms with E-state index in [0.29, 0.717) is 0 Å². The molecule has 0 spiro atoms. The molecule has 0 amide bonds. The highest BCUT2D eigenvalue weighted by molar-refractivity contribution is 7.54. The van der Waals surface area contributed by atoms with E-state index in [1.54, 1.807) is 0 Å². The summed E-state index contributed by atoms with van der Waals surface area (Å²) in [4.78, 5) is 0. The molecule has 0 aliphatic carbocycles. The molecular weight excluding hydrogens is 321 g/mol. The Bertz CT molecular complexity index is 645. The van der Waals surface area contributed by atoms with E-state index < -0.39 is 13.4 Å². The summed E-state index contributed by atoms with van der Waals surface area (Å²) in [6.07, 6.45) is -0.420. The molecule has 2 aromatic carbocycles. The summed E-state index contributed by atoms with van der Waals surface area (Å²) in [5, 5.41) is 3.33. The number of rotatable bonds is 8. The van der Waals surface area contributed by atoms with Crippen LogP contribution in [-0.4, -0.2) is 12.2 Å². The first kappa shape index (κ1) is 18.7. The second-order valence-electron chi connectivity index (χ2n) is 6.17. The minimum absolute atomic E-state index is 0.210. The highest BCUT2D eigenvalue weighted by Gasteiger charge is 2.39. The lowest BCUT2D eigenvalue weighted by Gasteiger charge is -2.31. The van der Waals surface area contributed by atoms with Crippen LogP contribution in [0.1, 0.15) is 39.0 Å². The van der Waals surface area contributed by atoms with Crippen molar-refractivity contribution in [2.45, 2.75) is 45.7 Å². The Morgan fingerprint density at radius 1 is 0.792 bits per heavy atom. The zero-order valence-electron chi connectivity index (χ0n) is 14.7. The molecule has 0 fully saturated rings. The van der Waals surface area contributed by atoms with Gasteiger partial charge in [-0.25, -0.2) is 0 Å². The molecule has 24 heavy (non-hydrogen) atoms. The molecule has 0 heterocycles. The lowest BCUT2D eigenvalue weighted by Crippen LogP contribution is -2.19. The third kappa shape index (κ3) is 5.20. The van der Waals surface area contributed by atoms with E-state index in [-0.39, 0.29) is 12.2 Å². The van der Waals surface area contributed by atoms with Crippen molar-refractivity contribution in [1.82, 2.24) is 0 Å². The summed E-state index contributed by atoms with van der Waals surface area (Å²) in [6, 6.07) is 19.3. The Labute approximate surface area is 144 Å². The van der Waals surface area contributed by atoms with Crippen LogP contribution >= 0.6 is 7.60 Å². The molecule has 130 valence electrons. The fourth-order valence-electron chi connectivity index (χ4n) is 2.41. The summed E-state index contributed by atoms with van der Waals surface area (Å²) >= 11 is 0. The van der Waals surface area contributed by atoms with Gasteiger partial charge in [0.05, 0.1) is 12.2 Å². The van der Waals surface area contributed by atoms with Crippen molar-refractivity contribution in [2.75, 3.05) is 5.32 Å². The van der Waals surface area contributed by atoms with E-state index in [0.717, 1.165) is 11.3 Å². The number of hydrogen-bond acceptors (Lipinski definition) is 4. The highest BCUT2D eigenvalue weighted by Crippen LogP contribution is 2.62. The first-order chi connectivity index (χ1) is 11.4. The Balaban J connectivity index is 2.43. The predicted octanol–water partition coefficient (Wildman–Crippen LogP) is 5.84. The van der Waals surface area contributed by atoms with Crippen LogP contribution in [0.15, 0.2) is 60.7 Å². The number of para-hydroxylation sites is 1. The van der Waals surface area contributed by atoms with E-state index in [1.165, 1.54) is 0 Å². The van der Waals surface area contributed by atoms with Gasteiger partial charge in [-0.3, -0.25) is 4.57 Å². The van der Waals surface area contributed by atoms with Gasteiger partial charge in [-0.1, -0.05) is 48.5 Å². The molecule has 2 rings (SSSR count). The van der Waals surface area contributed by atoms with Gasteiger partial charge >= 0.3 is 7.60 Å². The molecule has 0 aliphatic heterocycles. The molecule has 1 atom stereocenters. The van der Waals surface area contributed by atoms with Gasteiger partial charge in [0.15, 0.2) is 5.78 Å². The maximum atomic E-state index is 13.6. The number of benzene rings is 2. The van der Waals surface area contributed by atoms with Crippen LogP contribution in [0.3, 0.4) is 0 Å². The summed E-state index contributed by atoms with van der Waals surface area (Å²) in [6.45, 7) is 7.45. The van der Waals surface area contributed by atoms with Crippen molar-refractivity contribution in [2.24, 2.45) is 0 Å². The van der Waals surface area contributed by atoms with Gasteiger partial charge in [-0.15, -0.1) is 0 Å². The van der Waals surface area contributed by atoms with E-state index >= 15 is 0 Å². The van der Waals surface area contributed by atoms with Gasteiger partial charge < -0.3 is 14.4 Å². The fourth-order valence-corrected chi connectivity index (χ4v) is 4.72. The van der Waals surface area contributed by atoms with Gasteiger partial charge in [0.2, 0.25) is 0 Å². The third-order valence-corrected chi connectivity index (χ3v) is 5.71. The van der Waals surface area contributed by atoms with Gasteiger partial charge in [0.25, 0.3) is 0 Å². The molecule has 5 heteroatoms. The zero-order valence-corrected chi connectivity index (χ0v) is 15.6. The number of hydrogen-bond donors (Lipinski definition) is 1. The average molecular weight is 347 g/mol. The van der Waals surface area contributed by atoms with Crippen LogP contribution in [0.2, 0.25) is 0 Å². The second-order valence-corrected chi connectivity index (χ2v) is 8.19. The van der Waals surface area contributed by atoms with Crippen molar-refractivity contribution < 1.29 is 13.6 Å². The molecule has 0 saturated heterocycles. The van der Waals surface area contributed by atoms with Crippen LogP contribution in [0, 0.1) is 0 Å². The van der Waals surface area contributed by atoms with E-state index in [1.807, 2.05) is 88.4 Å². The lowest BCUT2D eigenvalue weighted by molar-refractivity contribution is 0.138. The SMILES string of the molecule is CC(C)OP(=O)(OC(C)C)[C@H](Nc1ccccc1)c1ccccc1. The van der Waals surface area contributed by atoms with Gasteiger partial charge in [0.1, 0.15) is 0 Å². The van der Waals surface area contributed by atoms with Gasteiger partial charge in [0, 0.05) is 5.69 Å². The molecule has 0 aromatic heterocycles. The quantitative estimate of drug-likeness (QED) is 0.609. The Morgan fingerprint density at radius 2 is 1.25 bits per heavy atom. The second kappa shape index (κ2) is 8.48. The topological polar surface area (TPSA) is 47.6 Å². The van der Waals surface area contributed by atoms with Crippen molar-refractivity contribution >= 4 is 13.3 Å². The van der Waals surface area contributed by atoms with E-state index in [4.69, 9.17) is 9.05 Å². The first-order valence-corrected chi connectivity index (χ1v) is 9.85. The van der Waals surface area contributed by atoms with Crippen LogP contribution in [-0.2, 0) is 13.6 Å². The lowest BCUT2D eigenvalue weighted by atomic mass is 10.2. The molecular formula is C19H26NO3P. The smallest absolute Gasteiger partial charge is 0.357 e. The minimum Gasteiger partial charge on any atom is -0.368 e.